The van der Waals surface area contributed by atoms with Crippen molar-refractivity contribution in [3.05, 3.63) is 94.7 Å². The molecule has 0 aliphatic heterocycles. The number of para-hydroxylation sites is 1. The highest BCUT2D eigenvalue weighted by atomic mass is 32.2. The van der Waals surface area contributed by atoms with Gasteiger partial charge in [-0.05, 0) is 70.8 Å². The molecule has 4 aromatic rings. The van der Waals surface area contributed by atoms with E-state index < -0.39 is 0 Å². The van der Waals surface area contributed by atoms with E-state index in [4.69, 9.17) is 9.47 Å². The van der Waals surface area contributed by atoms with Crippen LogP contribution in [0.2, 0.25) is 0 Å². The molecule has 0 atom stereocenters. The summed E-state index contributed by atoms with van der Waals surface area (Å²) in [6.07, 6.45) is 1.86. The second kappa shape index (κ2) is 12.5. The molecule has 0 bridgehead atoms. The average molecular weight is 545 g/mol. The second-order valence-corrected chi connectivity index (χ2v) is 10.7. The Morgan fingerprint density at radius 2 is 1.79 bits per heavy atom. The van der Waals surface area contributed by atoms with Crippen LogP contribution in [-0.2, 0) is 24.1 Å². The van der Waals surface area contributed by atoms with Crippen molar-refractivity contribution in [3.8, 4) is 11.5 Å². The lowest BCUT2D eigenvalue weighted by atomic mass is 9.98. The van der Waals surface area contributed by atoms with Crippen LogP contribution < -0.4 is 4.74 Å². The fourth-order valence-corrected chi connectivity index (χ4v) is 5.68. The van der Waals surface area contributed by atoms with Gasteiger partial charge in [-0.3, -0.25) is 0 Å². The first-order valence-corrected chi connectivity index (χ1v) is 14.0. The lowest BCUT2D eigenvalue weighted by molar-refractivity contribution is 0.0527. The molecule has 0 saturated carbocycles. The molecule has 0 radical (unpaired) electrons. The van der Waals surface area contributed by atoms with Crippen molar-refractivity contribution in [2.75, 3.05) is 20.7 Å². The maximum Gasteiger partial charge on any atom is 0.340 e. The third-order valence-electron chi connectivity index (χ3n) is 6.60. The SMILES string of the molecule is C/C=C(\Oc1ccccc1C)c1cc2c(c(CN(C)C)c1O)c(C(=O)OCC)c(CSc1ccccc1)n2C. The summed E-state index contributed by atoms with van der Waals surface area (Å²) in [4.78, 5) is 16.5. The minimum Gasteiger partial charge on any atom is -0.507 e. The molecule has 1 aromatic heterocycles. The summed E-state index contributed by atoms with van der Waals surface area (Å²) in [7, 11) is 5.85. The van der Waals surface area contributed by atoms with Gasteiger partial charge in [0.25, 0.3) is 0 Å². The number of esters is 1. The monoisotopic (exact) mass is 544 g/mol. The van der Waals surface area contributed by atoms with E-state index in [0.29, 0.717) is 40.1 Å². The number of benzene rings is 3. The summed E-state index contributed by atoms with van der Waals surface area (Å²) < 4.78 is 13.9. The Morgan fingerprint density at radius 1 is 1.10 bits per heavy atom. The number of allylic oxidation sites excluding steroid dienone is 1. The van der Waals surface area contributed by atoms with Gasteiger partial charge in [0.1, 0.15) is 17.3 Å². The number of carbonyl (C=O) groups is 1. The van der Waals surface area contributed by atoms with Gasteiger partial charge in [0.15, 0.2) is 0 Å². The van der Waals surface area contributed by atoms with Crippen molar-refractivity contribution in [3.63, 3.8) is 0 Å². The van der Waals surface area contributed by atoms with Crippen molar-refractivity contribution in [2.45, 2.75) is 38.0 Å². The Bertz CT molecular complexity index is 1510. The first-order valence-electron chi connectivity index (χ1n) is 13.0. The number of aromatic nitrogens is 1. The standard InChI is InChI=1S/C32H36N2O4S/c1-7-27(38-28-17-13-12-14-21(28)3)23-18-25-29(24(31(23)35)19-33(4)5)30(32(36)37-8-2)26(34(25)6)20-39-22-15-10-9-11-16-22/h7,9-18,35H,8,19-20H2,1-6H3/b27-7-. The molecule has 1 N–H and O–H groups in total. The maximum absolute atomic E-state index is 13.4. The number of thioether (sulfide) groups is 1. The zero-order valence-electron chi connectivity index (χ0n) is 23.4. The van der Waals surface area contributed by atoms with Crippen LogP contribution in [0.4, 0.5) is 0 Å². The van der Waals surface area contributed by atoms with Crippen molar-refractivity contribution in [1.82, 2.24) is 9.47 Å². The number of aryl methyl sites for hydroxylation is 2. The maximum atomic E-state index is 13.4. The molecule has 0 aliphatic carbocycles. The van der Waals surface area contributed by atoms with Crippen LogP contribution in [0, 0.1) is 6.92 Å². The lowest BCUT2D eigenvalue weighted by Gasteiger charge is -2.19. The molecule has 6 nitrogen and oxygen atoms in total. The van der Waals surface area contributed by atoms with E-state index in [1.54, 1.807) is 18.7 Å². The Balaban J connectivity index is 1.94. The smallest absolute Gasteiger partial charge is 0.340 e. The van der Waals surface area contributed by atoms with Crippen LogP contribution in [-0.4, -0.2) is 41.2 Å². The molecule has 0 saturated heterocycles. The van der Waals surface area contributed by atoms with Crippen molar-refractivity contribution < 1.29 is 19.4 Å². The third kappa shape index (κ3) is 6.00. The Morgan fingerprint density at radius 3 is 2.44 bits per heavy atom. The number of hydrogen-bond donors (Lipinski definition) is 1. The number of aromatic hydroxyl groups is 1. The molecule has 0 spiro atoms. The van der Waals surface area contributed by atoms with Crippen molar-refractivity contribution in [2.24, 2.45) is 7.05 Å². The molecule has 0 aliphatic rings. The number of phenols is 1. The Kier molecular flexibility index (Phi) is 9.04. The van der Waals surface area contributed by atoms with E-state index in [-0.39, 0.29) is 18.3 Å². The molecule has 39 heavy (non-hydrogen) atoms. The van der Waals surface area contributed by atoms with Crippen molar-refractivity contribution in [1.29, 1.82) is 0 Å². The fraction of sp³-hybridized carbons (Fsp3) is 0.281. The summed E-state index contributed by atoms with van der Waals surface area (Å²) in [6.45, 7) is 6.38. The molecule has 0 amide bonds. The van der Waals surface area contributed by atoms with Crippen LogP contribution in [0.15, 0.2) is 71.6 Å². The summed E-state index contributed by atoms with van der Waals surface area (Å²) in [5.41, 5.74) is 4.40. The van der Waals surface area contributed by atoms with E-state index >= 15 is 0 Å². The third-order valence-corrected chi connectivity index (χ3v) is 7.62. The molecular formula is C32H36N2O4S. The molecule has 3 aromatic carbocycles. The summed E-state index contributed by atoms with van der Waals surface area (Å²) in [5, 5.41) is 12.4. The number of carbonyl (C=O) groups excluding carboxylic acids is 1. The van der Waals surface area contributed by atoms with Crippen LogP contribution in [0.25, 0.3) is 16.7 Å². The molecule has 4 rings (SSSR count). The summed E-state index contributed by atoms with van der Waals surface area (Å²) >= 11 is 1.66. The largest absolute Gasteiger partial charge is 0.507 e. The number of fused-ring (bicyclic) bond motifs is 1. The van der Waals surface area contributed by atoms with Gasteiger partial charge in [-0.2, -0.15) is 0 Å². The van der Waals surface area contributed by atoms with Crippen LogP contribution in [0.5, 0.6) is 11.5 Å². The van der Waals surface area contributed by atoms with E-state index in [1.807, 2.05) is 99.1 Å². The van der Waals surface area contributed by atoms with Crippen LogP contribution >= 0.6 is 11.8 Å². The normalized spacial score (nSPS) is 11.8. The molecule has 0 fully saturated rings. The van der Waals surface area contributed by atoms with Crippen LogP contribution in [0.3, 0.4) is 0 Å². The highest BCUT2D eigenvalue weighted by Gasteiger charge is 2.29. The van der Waals surface area contributed by atoms with Gasteiger partial charge in [-0.25, -0.2) is 4.79 Å². The quantitative estimate of drug-likeness (QED) is 0.130. The summed E-state index contributed by atoms with van der Waals surface area (Å²) in [5.74, 6) is 1.54. The fourth-order valence-electron chi connectivity index (χ4n) is 4.69. The zero-order valence-corrected chi connectivity index (χ0v) is 24.3. The molecule has 0 unspecified atom stereocenters. The van der Waals surface area contributed by atoms with Crippen molar-refractivity contribution >= 4 is 34.4 Å². The number of hydrogen-bond acceptors (Lipinski definition) is 6. The van der Waals surface area contributed by atoms with E-state index in [2.05, 4.69) is 12.1 Å². The highest BCUT2D eigenvalue weighted by Crippen LogP contribution is 2.42. The predicted octanol–water partition coefficient (Wildman–Crippen LogP) is 7.16. The number of ether oxygens (including phenoxy) is 2. The van der Waals surface area contributed by atoms with Gasteiger partial charge in [-0.15, -0.1) is 11.8 Å². The molecular weight excluding hydrogens is 508 g/mol. The van der Waals surface area contributed by atoms with Gasteiger partial charge in [-0.1, -0.05) is 36.4 Å². The first-order chi connectivity index (χ1) is 18.8. The Hall–Kier alpha value is -3.68. The van der Waals surface area contributed by atoms with E-state index in [9.17, 15) is 9.90 Å². The highest BCUT2D eigenvalue weighted by molar-refractivity contribution is 7.98. The average Bonchev–Trinajstić information content (AvgIpc) is 3.20. The minimum atomic E-state index is -0.388. The van der Waals surface area contributed by atoms with E-state index in [1.165, 1.54) is 0 Å². The predicted molar refractivity (Wildman–Crippen MR) is 159 cm³/mol. The number of rotatable bonds is 10. The zero-order chi connectivity index (χ0) is 28.1. The molecule has 7 heteroatoms. The van der Waals surface area contributed by atoms with E-state index in [0.717, 1.165) is 27.4 Å². The lowest BCUT2D eigenvalue weighted by Crippen LogP contribution is -2.13. The number of phenolic OH excluding ortho intramolecular Hbond substituents is 1. The topological polar surface area (TPSA) is 63.9 Å². The van der Waals surface area contributed by atoms with Gasteiger partial charge < -0.3 is 24.0 Å². The first kappa shape index (κ1) is 28.3. The van der Waals surface area contributed by atoms with Gasteiger partial charge in [0.05, 0.1) is 23.3 Å². The van der Waals surface area contributed by atoms with Gasteiger partial charge >= 0.3 is 5.97 Å². The Labute approximate surface area is 234 Å². The molecule has 1 heterocycles. The second-order valence-electron chi connectivity index (χ2n) is 9.61. The van der Waals surface area contributed by atoms with Gasteiger partial charge in [0, 0.05) is 40.9 Å². The number of nitrogens with zero attached hydrogens (tertiary/aromatic N) is 2. The van der Waals surface area contributed by atoms with Gasteiger partial charge in [0.2, 0.25) is 0 Å². The summed E-state index contributed by atoms with van der Waals surface area (Å²) in [6, 6.07) is 19.8. The van der Waals surface area contributed by atoms with Crippen LogP contribution in [0.1, 0.15) is 46.6 Å². The minimum absolute atomic E-state index is 0.0938. The molecule has 204 valence electrons.